The van der Waals surface area contributed by atoms with Crippen LogP contribution >= 0.6 is 0 Å². The highest BCUT2D eigenvalue weighted by atomic mass is 15.1. The Morgan fingerprint density at radius 2 is 2.13 bits per heavy atom. The van der Waals surface area contributed by atoms with Gasteiger partial charge in [0.1, 0.15) is 0 Å². The number of hydrogen-bond acceptors (Lipinski definition) is 2. The molecule has 2 aliphatic rings. The molecule has 2 nitrogen and oxygen atoms in total. The Morgan fingerprint density at radius 1 is 1.27 bits per heavy atom. The van der Waals surface area contributed by atoms with Crippen LogP contribution in [0.25, 0.3) is 0 Å². The van der Waals surface area contributed by atoms with Crippen molar-refractivity contribution in [2.45, 2.75) is 51.5 Å². The first-order chi connectivity index (χ1) is 7.29. The van der Waals surface area contributed by atoms with Crippen molar-refractivity contribution in [3.63, 3.8) is 0 Å². The van der Waals surface area contributed by atoms with Crippen LogP contribution in [0.4, 0.5) is 0 Å². The van der Waals surface area contributed by atoms with E-state index in [0.717, 1.165) is 11.8 Å². The fraction of sp³-hybridized carbons (Fsp3) is 1.00. The Labute approximate surface area is 94.2 Å². The van der Waals surface area contributed by atoms with Gasteiger partial charge in [0.25, 0.3) is 0 Å². The molecule has 0 spiro atoms. The summed E-state index contributed by atoms with van der Waals surface area (Å²) in [5.41, 5.74) is 6.10. The summed E-state index contributed by atoms with van der Waals surface area (Å²) in [4.78, 5) is 2.65. The van der Waals surface area contributed by atoms with Crippen molar-refractivity contribution in [2.24, 2.45) is 17.6 Å². The van der Waals surface area contributed by atoms with Crippen LogP contribution in [-0.2, 0) is 0 Å². The van der Waals surface area contributed by atoms with E-state index in [4.69, 9.17) is 5.73 Å². The van der Waals surface area contributed by atoms with Crippen molar-refractivity contribution < 1.29 is 0 Å². The third-order valence-electron chi connectivity index (χ3n) is 4.48. The second kappa shape index (κ2) is 5.31. The number of nitrogens with two attached hydrogens (primary N) is 1. The molecule has 0 amide bonds. The molecule has 0 aromatic carbocycles. The third kappa shape index (κ3) is 2.94. The third-order valence-corrected chi connectivity index (χ3v) is 4.48. The van der Waals surface area contributed by atoms with Gasteiger partial charge in [0.15, 0.2) is 0 Å². The molecule has 1 aliphatic carbocycles. The molecule has 3 unspecified atom stereocenters. The second-order valence-corrected chi connectivity index (χ2v) is 5.51. The average Bonchev–Trinajstić information content (AvgIpc) is 2.84. The molecule has 1 heterocycles. The van der Waals surface area contributed by atoms with E-state index in [1.807, 2.05) is 0 Å². The minimum absolute atomic E-state index is 0.509. The van der Waals surface area contributed by atoms with Gasteiger partial charge in [-0.2, -0.15) is 0 Å². The monoisotopic (exact) mass is 210 g/mol. The first-order valence-corrected chi connectivity index (χ1v) is 6.77. The van der Waals surface area contributed by atoms with E-state index in [-0.39, 0.29) is 0 Å². The van der Waals surface area contributed by atoms with E-state index >= 15 is 0 Å². The second-order valence-electron chi connectivity index (χ2n) is 5.51. The van der Waals surface area contributed by atoms with Crippen LogP contribution < -0.4 is 5.73 Å². The molecule has 1 aliphatic heterocycles. The summed E-state index contributed by atoms with van der Waals surface area (Å²) in [5.74, 6) is 1.80. The van der Waals surface area contributed by atoms with Crippen LogP contribution in [0.1, 0.15) is 45.4 Å². The van der Waals surface area contributed by atoms with E-state index in [1.54, 1.807) is 0 Å². The Morgan fingerprint density at radius 3 is 2.73 bits per heavy atom. The van der Waals surface area contributed by atoms with Crippen molar-refractivity contribution in [1.29, 1.82) is 0 Å². The first-order valence-electron chi connectivity index (χ1n) is 6.77. The van der Waals surface area contributed by atoms with Gasteiger partial charge in [0.05, 0.1) is 0 Å². The molecule has 2 rings (SSSR count). The summed E-state index contributed by atoms with van der Waals surface area (Å²) in [6.07, 6.45) is 8.14. The smallest absolute Gasteiger partial charge is 0.00676 e. The standard InChI is InChI=1S/C13H26N2/c1-2-11-6-8-15(10-11)9-7-12-4-3-5-13(12)14/h11-13H,2-10,14H2,1H3. The van der Waals surface area contributed by atoms with Crippen molar-refractivity contribution in [2.75, 3.05) is 19.6 Å². The Hall–Kier alpha value is -0.0800. The van der Waals surface area contributed by atoms with Gasteiger partial charge in [-0.1, -0.05) is 19.8 Å². The van der Waals surface area contributed by atoms with E-state index in [2.05, 4.69) is 11.8 Å². The van der Waals surface area contributed by atoms with Crippen LogP contribution in [0.15, 0.2) is 0 Å². The molecular weight excluding hydrogens is 184 g/mol. The minimum Gasteiger partial charge on any atom is -0.327 e. The van der Waals surface area contributed by atoms with Crippen LogP contribution in [0.3, 0.4) is 0 Å². The maximum Gasteiger partial charge on any atom is 0.00676 e. The predicted octanol–water partition coefficient (Wildman–Crippen LogP) is 2.24. The molecule has 2 heteroatoms. The zero-order valence-electron chi connectivity index (χ0n) is 10.1. The Balaban J connectivity index is 1.66. The molecule has 3 atom stereocenters. The topological polar surface area (TPSA) is 29.3 Å². The predicted molar refractivity (Wildman–Crippen MR) is 64.8 cm³/mol. The lowest BCUT2D eigenvalue weighted by Gasteiger charge is -2.20. The fourth-order valence-corrected chi connectivity index (χ4v) is 3.22. The first kappa shape index (κ1) is 11.4. The van der Waals surface area contributed by atoms with E-state index in [1.165, 1.54) is 58.2 Å². The minimum atomic E-state index is 0.509. The summed E-state index contributed by atoms with van der Waals surface area (Å²) < 4.78 is 0. The maximum atomic E-state index is 6.10. The summed E-state index contributed by atoms with van der Waals surface area (Å²) in [5, 5.41) is 0. The van der Waals surface area contributed by atoms with Gasteiger partial charge in [0.2, 0.25) is 0 Å². The highest BCUT2D eigenvalue weighted by Crippen LogP contribution is 2.28. The van der Waals surface area contributed by atoms with Gasteiger partial charge in [0, 0.05) is 12.6 Å². The highest BCUT2D eigenvalue weighted by Gasteiger charge is 2.26. The molecule has 2 N–H and O–H groups in total. The largest absolute Gasteiger partial charge is 0.327 e. The summed E-state index contributed by atoms with van der Waals surface area (Å²) >= 11 is 0. The van der Waals surface area contributed by atoms with Gasteiger partial charge in [-0.15, -0.1) is 0 Å². The highest BCUT2D eigenvalue weighted by molar-refractivity contribution is 4.82. The number of rotatable bonds is 4. The normalized spacial score (nSPS) is 37.6. The molecule has 2 fully saturated rings. The van der Waals surface area contributed by atoms with Crippen LogP contribution in [0.2, 0.25) is 0 Å². The number of nitrogens with zero attached hydrogens (tertiary/aromatic N) is 1. The van der Waals surface area contributed by atoms with Gasteiger partial charge < -0.3 is 10.6 Å². The zero-order chi connectivity index (χ0) is 10.7. The average molecular weight is 210 g/mol. The lowest BCUT2D eigenvalue weighted by Crippen LogP contribution is -2.29. The van der Waals surface area contributed by atoms with Crippen LogP contribution in [-0.4, -0.2) is 30.6 Å². The quantitative estimate of drug-likeness (QED) is 0.771. The molecule has 0 aromatic heterocycles. The maximum absolute atomic E-state index is 6.10. The number of likely N-dealkylation sites (tertiary alicyclic amines) is 1. The Bertz CT molecular complexity index is 193. The van der Waals surface area contributed by atoms with Gasteiger partial charge >= 0.3 is 0 Å². The van der Waals surface area contributed by atoms with Gasteiger partial charge in [-0.3, -0.25) is 0 Å². The fourth-order valence-electron chi connectivity index (χ4n) is 3.22. The molecule has 15 heavy (non-hydrogen) atoms. The summed E-state index contributed by atoms with van der Waals surface area (Å²) in [6.45, 7) is 6.30. The van der Waals surface area contributed by atoms with Crippen molar-refractivity contribution in [1.82, 2.24) is 4.90 Å². The van der Waals surface area contributed by atoms with E-state index < -0.39 is 0 Å². The lowest BCUT2D eigenvalue weighted by molar-refractivity contribution is 0.284. The van der Waals surface area contributed by atoms with Crippen LogP contribution in [0, 0.1) is 11.8 Å². The van der Waals surface area contributed by atoms with Gasteiger partial charge in [-0.05, 0) is 50.6 Å². The van der Waals surface area contributed by atoms with Crippen molar-refractivity contribution in [3.05, 3.63) is 0 Å². The molecule has 1 saturated heterocycles. The van der Waals surface area contributed by atoms with E-state index in [9.17, 15) is 0 Å². The molecule has 1 saturated carbocycles. The molecule has 88 valence electrons. The molecule has 0 radical (unpaired) electrons. The Kier molecular flexibility index (Phi) is 4.04. The van der Waals surface area contributed by atoms with Crippen LogP contribution in [0.5, 0.6) is 0 Å². The summed E-state index contributed by atoms with van der Waals surface area (Å²) in [7, 11) is 0. The molecular formula is C13H26N2. The van der Waals surface area contributed by atoms with Gasteiger partial charge in [-0.25, -0.2) is 0 Å². The molecule has 0 bridgehead atoms. The zero-order valence-corrected chi connectivity index (χ0v) is 10.1. The molecule has 0 aromatic rings. The lowest BCUT2D eigenvalue weighted by atomic mass is 10.00. The summed E-state index contributed by atoms with van der Waals surface area (Å²) in [6, 6.07) is 0.509. The van der Waals surface area contributed by atoms with Crippen molar-refractivity contribution >= 4 is 0 Å². The SMILES string of the molecule is CCC1CCN(CCC2CCCC2N)C1. The van der Waals surface area contributed by atoms with Crippen molar-refractivity contribution in [3.8, 4) is 0 Å². The van der Waals surface area contributed by atoms with E-state index in [0.29, 0.717) is 6.04 Å². The number of hydrogen-bond donors (Lipinski definition) is 1.